The maximum atomic E-state index is 10.6. The van der Waals surface area contributed by atoms with Crippen LogP contribution in [-0.2, 0) is 0 Å². The van der Waals surface area contributed by atoms with Crippen LogP contribution in [0.5, 0.6) is 0 Å². The molecule has 4 nitrogen and oxygen atoms in total. The summed E-state index contributed by atoms with van der Waals surface area (Å²) in [6.07, 6.45) is 6.22. The van der Waals surface area contributed by atoms with Crippen LogP contribution in [0, 0.1) is 0 Å². The summed E-state index contributed by atoms with van der Waals surface area (Å²) in [6.45, 7) is 0. The van der Waals surface area contributed by atoms with E-state index in [2.05, 4.69) is 20.9 Å². The molecule has 0 spiro atoms. The normalized spacial score (nSPS) is 10.7. The summed E-state index contributed by atoms with van der Waals surface area (Å²) in [5.74, 6) is -1.11. The molecule has 0 aliphatic rings. The predicted molar refractivity (Wildman–Crippen MR) is 63.1 cm³/mol. The zero-order chi connectivity index (χ0) is 11.3. The van der Waals surface area contributed by atoms with E-state index in [0.29, 0.717) is 0 Å². The van der Waals surface area contributed by atoms with Gasteiger partial charge in [-0.1, -0.05) is 28.1 Å². The van der Waals surface area contributed by atoms with Crippen molar-refractivity contribution in [3.8, 4) is 0 Å². The van der Waals surface area contributed by atoms with Crippen LogP contribution in [0.1, 0.15) is 22.5 Å². The number of aromatic nitrogens is 1. The number of aromatic carboxylic acids is 1. The maximum Gasteiger partial charge on any atom is 0.356 e. The number of carboxylic acid groups (broad SMARTS) is 1. The van der Waals surface area contributed by atoms with Gasteiger partial charge in [-0.15, -0.1) is 0 Å². The Balaban J connectivity index is 2.87. The molecule has 0 atom stereocenters. The summed E-state index contributed by atoms with van der Waals surface area (Å²) in [4.78, 5) is 14.4. The Morgan fingerprint density at radius 3 is 2.93 bits per heavy atom. The number of anilines is 1. The largest absolute Gasteiger partial charge is 0.476 e. The van der Waals surface area contributed by atoms with Crippen molar-refractivity contribution in [3.63, 3.8) is 0 Å². The van der Waals surface area contributed by atoms with E-state index in [1.54, 1.807) is 6.07 Å². The summed E-state index contributed by atoms with van der Waals surface area (Å²) in [5, 5.41) is 9.59. The number of carboxylic acids is 1. The fourth-order valence-electron chi connectivity index (χ4n) is 1.05. The highest BCUT2D eigenvalue weighted by Crippen LogP contribution is 2.12. The molecule has 1 heterocycles. The second-order valence-corrected chi connectivity index (χ2v) is 3.68. The number of halogens is 1. The Morgan fingerprint density at radius 1 is 1.67 bits per heavy atom. The number of pyridine rings is 1. The summed E-state index contributed by atoms with van der Waals surface area (Å²) < 4.78 is 0. The summed E-state index contributed by atoms with van der Waals surface area (Å²) >= 11 is 3.30. The van der Waals surface area contributed by atoms with Gasteiger partial charge in [-0.05, 0) is 18.1 Å². The lowest BCUT2D eigenvalue weighted by Gasteiger charge is -2.00. The second kappa shape index (κ2) is 5.50. The Labute approximate surface area is 95.9 Å². The topological polar surface area (TPSA) is 76.2 Å². The van der Waals surface area contributed by atoms with Crippen molar-refractivity contribution in [2.24, 2.45) is 0 Å². The summed E-state index contributed by atoms with van der Waals surface area (Å²) in [5.41, 5.74) is 6.42. The molecule has 1 aromatic heterocycles. The van der Waals surface area contributed by atoms with Gasteiger partial charge in [0.25, 0.3) is 0 Å². The lowest BCUT2D eigenvalue weighted by atomic mass is 10.2. The van der Waals surface area contributed by atoms with E-state index in [0.717, 1.165) is 17.3 Å². The van der Waals surface area contributed by atoms with Crippen LogP contribution >= 0.6 is 15.9 Å². The average molecular weight is 271 g/mol. The van der Waals surface area contributed by atoms with Gasteiger partial charge in [-0.25, -0.2) is 9.78 Å². The van der Waals surface area contributed by atoms with Crippen molar-refractivity contribution in [1.29, 1.82) is 0 Å². The molecule has 15 heavy (non-hydrogen) atoms. The van der Waals surface area contributed by atoms with Gasteiger partial charge in [0, 0.05) is 11.5 Å². The van der Waals surface area contributed by atoms with Crippen molar-refractivity contribution in [3.05, 3.63) is 29.6 Å². The number of rotatable bonds is 4. The summed E-state index contributed by atoms with van der Waals surface area (Å²) in [7, 11) is 0. The molecule has 0 saturated heterocycles. The lowest BCUT2D eigenvalue weighted by molar-refractivity contribution is 0.0692. The van der Waals surface area contributed by atoms with Gasteiger partial charge in [-0.2, -0.15) is 0 Å². The van der Waals surface area contributed by atoms with Gasteiger partial charge in [0.1, 0.15) is 0 Å². The van der Waals surface area contributed by atoms with Crippen LogP contribution in [-0.4, -0.2) is 21.4 Å². The number of nitrogens with two attached hydrogens (primary N) is 1. The molecule has 0 aliphatic carbocycles. The first kappa shape index (κ1) is 11.7. The number of carbonyl (C=O) groups is 1. The number of nitrogen functional groups attached to an aromatic ring is 1. The Kier molecular flexibility index (Phi) is 4.30. The van der Waals surface area contributed by atoms with Crippen molar-refractivity contribution in [1.82, 2.24) is 4.98 Å². The third kappa shape index (κ3) is 3.36. The SMILES string of the molecule is Nc1cc(C=CCCBr)cnc1C(=O)O. The van der Waals surface area contributed by atoms with Crippen molar-refractivity contribution in [2.75, 3.05) is 11.1 Å². The van der Waals surface area contributed by atoms with Crippen LogP contribution in [0.3, 0.4) is 0 Å². The Bertz CT molecular complexity index is 391. The number of nitrogens with zero attached hydrogens (tertiary/aromatic N) is 1. The molecule has 3 N–H and O–H groups in total. The minimum atomic E-state index is -1.11. The van der Waals surface area contributed by atoms with Crippen molar-refractivity contribution < 1.29 is 9.90 Å². The third-order valence-electron chi connectivity index (χ3n) is 1.73. The van der Waals surface area contributed by atoms with E-state index >= 15 is 0 Å². The molecule has 0 aromatic carbocycles. The van der Waals surface area contributed by atoms with E-state index in [1.165, 1.54) is 6.20 Å². The number of hydrogen-bond donors (Lipinski definition) is 2. The van der Waals surface area contributed by atoms with Crippen molar-refractivity contribution in [2.45, 2.75) is 6.42 Å². The van der Waals surface area contributed by atoms with Gasteiger partial charge in [0.15, 0.2) is 5.69 Å². The van der Waals surface area contributed by atoms with E-state index in [4.69, 9.17) is 10.8 Å². The number of alkyl halides is 1. The molecular formula is C10H11BrN2O2. The third-order valence-corrected chi connectivity index (χ3v) is 2.18. The molecule has 0 unspecified atom stereocenters. The molecular weight excluding hydrogens is 260 g/mol. The maximum absolute atomic E-state index is 10.6. The monoisotopic (exact) mass is 270 g/mol. The second-order valence-electron chi connectivity index (χ2n) is 2.89. The molecule has 0 fully saturated rings. The molecule has 0 aliphatic heterocycles. The molecule has 1 rings (SSSR count). The molecule has 0 bridgehead atoms. The van der Waals surface area contributed by atoms with Crippen LogP contribution in [0.4, 0.5) is 5.69 Å². The summed E-state index contributed by atoms with van der Waals surface area (Å²) in [6, 6.07) is 1.60. The standard InChI is InChI=1S/C10H11BrN2O2/c11-4-2-1-3-7-5-8(12)9(10(14)15)13-6-7/h1,3,5-6H,2,4,12H2,(H,14,15). The first-order valence-corrected chi connectivity index (χ1v) is 5.48. The molecule has 0 radical (unpaired) electrons. The predicted octanol–water partition coefficient (Wildman–Crippen LogP) is 2.16. The molecule has 0 saturated carbocycles. The first-order valence-electron chi connectivity index (χ1n) is 4.36. The molecule has 0 amide bonds. The minimum absolute atomic E-state index is 0.104. The van der Waals surface area contributed by atoms with Crippen molar-refractivity contribution >= 4 is 33.7 Å². The number of hydrogen-bond acceptors (Lipinski definition) is 3. The van der Waals surface area contributed by atoms with E-state index in [1.807, 2.05) is 12.2 Å². The molecule has 1 aromatic rings. The zero-order valence-electron chi connectivity index (χ0n) is 7.98. The Hall–Kier alpha value is -1.36. The first-order chi connectivity index (χ1) is 7.15. The average Bonchev–Trinajstić information content (AvgIpc) is 2.17. The van der Waals surface area contributed by atoms with Gasteiger partial charge >= 0.3 is 5.97 Å². The highest BCUT2D eigenvalue weighted by Gasteiger charge is 2.08. The van der Waals surface area contributed by atoms with Gasteiger partial charge in [-0.3, -0.25) is 0 Å². The molecule has 80 valence electrons. The van der Waals surface area contributed by atoms with Crippen LogP contribution in [0.25, 0.3) is 6.08 Å². The van der Waals surface area contributed by atoms with E-state index in [9.17, 15) is 4.79 Å². The highest BCUT2D eigenvalue weighted by atomic mass is 79.9. The van der Waals surface area contributed by atoms with E-state index in [-0.39, 0.29) is 11.4 Å². The van der Waals surface area contributed by atoms with Gasteiger partial charge in [0.05, 0.1) is 5.69 Å². The smallest absolute Gasteiger partial charge is 0.356 e. The minimum Gasteiger partial charge on any atom is -0.476 e. The van der Waals surface area contributed by atoms with Crippen LogP contribution in [0.15, 0.2) is 18.3 Å². The quantitative estimate of drug-likeness (QED) is 0.823. The highest BCUT2D eigenvalue weighted by molar-refractivity contribution is 9.09. The zero-order valence-corrected chi connectivity index (χ0v) is 9.57. The van der Waals surface area contributed by atoms with Gasteiger partial charge in [0.2, 0.25) is 0 Å². The fourth-order valence-corrected chi connectivity index (χ4v) is 1.32. The fraction of sp³-hybridized carbons (Fsp3) is 0.200. The Morgan fingerprint density at radius 2 is 2.40 bits per heavy atom. The van der Waals surface area contributed by atoms with Crippen LogP contribution < -0.4 is 5.73 Å². The van der Waals surface area contributed by atoms with Crippen LogP contribution in [0.2, 0.25) is 0 Å². The number of allylic oxidation sites excluding steroid dienone is 1. The lowest BCUT2D eigenvalue weighted by Crippen LogP contribution is -2.05. The molecule has 5 heteroatoms. The van der Waals surface area contributed by atoms with Gasteiger partial charge < -0.3 is 10.8 Å². The van der Waals surface area contributed by atoms with E-state index < -0.39 is 5.97 Å².